The Balaban J connectivity index is 0.00000300. The van der Waals surface area contributed by atoms with E-state index in [0.29, 0.717) is 17.6 Å². The Hall–Kier alpha value is -0.590. The molecule has 0 spiro atoms. The van der Waals surface area contributed by atoms with Crippen LogP contribution in [0, 0.1) is 17.8 Å². The van der Waals surface area contributed by atoms with Crippen molar-refractivity contribution in [2.45, 2.75) is 76.9 Å². The largest absolute Gasteiger partial charge is 1.00 e. The fourth-order valence-electron chi connectivity index (χ4n) is 5.24. The molecule has 1 aromatic rings. The fourth-order valence-corrected chi connectivity index (χ4v) is 5.24. The summed E-state index contributed by atoms with van der Waals surface area (Å²) in [4.78, 5) is 10.7. The number of unbranched alkanes of at least 4 members (excludes halogenated alkanes) is 2. The molecule has 0 aromatic heterocycles. The summed E-state index contributed by atoms with van der Waals surface area (Å²) >= 11 is 0. The van der Waals surface area contributed by atoms with Crippen LogP contribution in [0.4, 0.5) is 0 Å². The number of aliphatic carboxylic acids is 1. The molecule has 2 aliphatic rings. The SMILES string of the molecule is CCCCC[C@@H](O)CC[C@H]1[C@@H]2Cc3cccc(OCC(=O)[O-])c3C[C@@H]2C[C@@H]1O.[Na+]. The number of fused-ring (bicyclic) bond motifs is 2. The van der Waals surface area contributed by atoms with Gasteiger partial charge >= 0.3 is 29.6 Å². The van der Waals surface area contributed by atoms with E-state index in [1.807, 2.05) is 12.1 Å². The molecule has 2 aliphatic carbocycles. The van der Waals surface area contributed by atoms with Gasteiger partial charge in [-0.05, 0) is 73.5 Å². The summed E-state index contributed by atoms with van der Waals surface area (Å²) in [5, 5.41) is 31.7. The van der Waals surface area contributed by atoms with Gasteiger partial charge in [-0.1, -0.05) is 38.3 Å². The van der Waals surface area contributed by atoms with Crippen LogP contribution < -0.4 is 39.4 Å². The van der Waals surface area contributed by atoms with E-state index in [4.69, 9.17) is 4.74 Å². The number of carboxylic acid groups (broad SMARTS) is 1. The molecule has 0 heterocycles. The molecule has 1 saturated carbocycles. The van der Waals surface area contributed by atoms with Crippen molar-refractivity contribution in [1.82, 2.24) is 0 Å². The smallest absolute Gasteiger partial charge is 0.546 e. The molecule has 0 radical (unpaired) electrons. The minimum Gasteiger partial charge on any atom is -0.546 e. The van der Waals surface area contributed by atoms with Crippen LogP contribution in [0.5, 0.6) is 5.75 Å². The second-order valence-corrected chi connectivity index (χ2v) is 8.58. The monoisotopic (exact) mass is 412 g/mol. The third kappa shape index (κ3) is 6.44. The molecule has 1 aromatic carbocycles. The van der Waals surface area contributed by atoms with Gasteiger partial charge in [0.1, 0.15) is 12.4 Å². The molecule has 0 unspecified atom stereocenters. The maximum absolute atomic E-state index is 10.7. The van der Waals surface area contributed by atoms with Crippen LogP contribution in [0.15, 0.2) is 18.2 Å². The maximum atomic E-state index is 10.7. The van der Waals surface area contributed by atoms with E-state index in [2.05, 4.69) is 13.0 Å². The quantitative estimate of drug-likeness (QED) is 0.390. The van der Waals surface area contributed by atoms with Crippen LogP contribution in [0.25, 0.3) is 0 Å². The Morgan fingerprint density at radius 3 is 2.79 bits per heavy atom. The van der Waals surface area contributed by atoms with Gasteiger partial charge in [0.05, 0.1) is 18.2 Å². The van der Waals surface area contributed by atoms with Crippen LogP contribution >= 0.6 is 0 Å². The first kappa shape index (κ1) is 24.7. The normalized spacial score (nSPS) is 26.2. The topological polar surface area (TPSA) is 89.8 Å². The molecule has 5 nitrogen and oxygen atoms in total. The van der Waals surface area contributed by atoms with Crippen LogP contribution in [0.1, 0.15) is 63.0 Å². The first-order valence-electron chi connectivity index (χ1n) is 10.8. The van der Waals surface area contributed by atoms with Crippen molar-refractivity contribution in [2.75, 3.05) is 6.61 Å². The molecule has 0 saturated heterocycles. The Bertz CT molecular complexity index is 665. The van der Waals surface area contributed by atoms with Crippen molar-refractivity contribution in [3.63, 3.8) is 0 Å². The van der Waals surface area contributed by atoms with Gasteiger partial charge in [0.2, 0.25) is 0 Å². The Labute approximate surface area is 196 Å². The van der Waals surface area contributed by atoms with Gasteiger partial charge in [-0.3, -0.25) is 0 Å². The van der Waals surface area contributed by atoms with Gasteiger partial charge in [-0.2, -0.15) is 0 Å². The molecule has 156 valence electrons. The minimum atomic E-state index is -1.22. The summed E-state index contributed by atoms with van der Waals surface area (Å²) in [6, 6.07) is 5.80. The van der Waals surface area contributed by atoms with E-state index in [1.54, 1.807) is 0 Å². The van der Waals surface area contributed by atoms with E-state index >= 15 is 0 Å². The van der Waals surface area contributed by atoms with Crippen molar-refractivity contribution in [2.24, 2.45) is 17.8 Å². The second kappa shape index (κ2) is 11.7. The molecule has 0 aliphatic heterocycles. The number of aliphatic hydroxyl groups excluding tert-OH is 2. The van der Waals surface area contributed by atoms with Crippen LogP contribution in [-0.4, -0.2) is 35.0 Å². The number of ether oxygens (including phenoxy) is 1. The Morgan fingerprint density at radius 2 is 2.07 bits per heavy atom. The van der Waals surface area contributed by atoms with E-state index in [9.17, 15) is 20.1 Å². The van der Waals surface area contributed by atoms with Gasteiger partial charge in [-0.25, -0.2) is 0 Å². The zero-order chi connectivity index (χ0) is 20.1. The summed E-state index contributed by atoms with van der Waals surface area (Å²) in [6.07, 6.45) is 7.76. The van der Waals surface area contributed by atoms with E-state index in [0.717, 1.165) is 63.4 Å². The predicted octanol–water partition coefficient (Wildman–Crippen LogP) is -0.747. The third-order valence-electron chi connectivity index (χ3n) is 6.67. The molecule has 0 amide bonds. The third-order valence-corrected chi connectivity index (χ3v) is 6.67. The van der Waals surface area contributed by atoms with Crippen LogP contribution in [-0.2, 0) is 17.6 Å². The number of carboxylic acids is 1. The average molecular weight is 413 g/mol. The first-order chi connectivity index (χ1) is 13.5. The number of hydrogen-bond donors (Lipinski definition) is 2. The zero-order valence-corrected chi connectivity index (χ0v) is 19.8. The average Bonchev–Trinajstić information content (AvgIpc) is 2.97. The number of carbonyl (C=O) groups excluding carboxylic acids is 1. The fraction of sp³-hybridized carbons (Fsp3) is 0.696. The Kier molecular flexibility index (Phi) is 9.96. The standard InChI is InChI=1S/C23H34O5.Na/c1-2-3-4-7-17(24)9-10-18-19-11-15-6-5-8-22(28-14-23(26)27)20(15)12-16(19)13-21(18)25;/h5-6,8,16-19,21,24-25H,2-4,7,9-14H2,1H3,(H,26,27);/q;+1/p-1/t16-,17-,18+,19-,21+;/m1./s1. The molecule has 0 bridgehead atoms. The van der Waals surface area contributed by atoms with E-state index in [1.165, 1.54) is 5.56 Å². The number of rotatable bonds is 10. The molecular formula is C23H33NaO5. The summed E-state index contributed by atoms with van der Waals surface area (Å²) < 4.78 is 5.44. The van der Waals surface area contributed by atoms with Crippen molar-refractivity contribution < 1.29 is 54.4 Å². The molecule has 2 N–H and O–H groups in total. The summed E-state index contributed by atoms with van der Waals surface area (Å²) in [5.41, 5.74) is 2.28. The molecular weight excluding hydrogens is 379 g/mol. The molecule has 1 fully saturated rings. The van der Waals surface area contributed by atoms with Gasteiger partial charge in [0.15, 0.2) is 0 Å². The maximum Gasteiger partial charge on any atom is 1.00 e. The van der Waals surface area contributed by atoms with E-state index in [-0.39, 0.29) is 47.7 Å². The van der Waals surface area contributed by atoms with Gasteiger partial charge in [-0.15, -0.1) is 0 Å². The second-order valence-electron chi connectivity index (χ2n) is 8.58. The molecule has 3 rings (SSSR count). The van der Waals surface area contributed by atoms with E-state index < -0.39 is 12.6 Å². The van der Waals surface area contributed by atoms with Gasteiger partial charge in [0, 0.05) is 0 Å². The Morgan fingerprint density at radius 1 is 1.28 bits per heavy atom. The first-order valence-corrected chi connectivity index (χ1v) is 10.8. The van der Waals surface area contributed by atoms with Crippen molar-refractivity contribution in [1.29, 1.82) is 0 Å². The zero-order valence-electron chi connectivity index (χ0n) is 17.8. The number of aliphatic hydroxyl groups is 2. The summed E-state index contributed by atoms with van der Waals surface area (Å²) in [7, 11) is 0. The minimum absolute atomic E-state index is 0. The molecule has 5 atom stereocenters. The number of carbonyl (C=O) groups is 1. The predicted molar refractivity (Wildman–Crippen MR) is 105 cm³/mol. The van der Waals surface area contributed by atoms with Crippen molar-refractivity contribution >= 4 is 5.97 Å². The van der Waals surface area contributed by atoms with Gasteiger partial charge < -0.3 is 24.9 Å². The van der Waals surface area contributed by atoms with Crippen LogP contribution in [0.2, 0.25) is 0 Å². The van der Waals surface area contributed by atoms with Crippen molar-refractivity contribution in [3.05, 3.63) is 29.3 Å². The van der Waals surface area contributed by atoms with Crippen molar-refractivity contribution in [3.8, 4) is 5.75 Å². The summed E-state index contributed by atoms with van der Waals surface area (Å²) in [5.74, 6) is 0.440. The molecule has 6 heteroatoms. The van der Waals surface area contributed by atoms with Gasteiger partial charge in [0.25, 0.3) is 0 Å². The number of hydrogen-bond acceptors (Lipinski definition) is 5. The number of benzene rings is 1. The molecule has 29 heavy (non-hydrogen) atoms. The van der Waals surface area contributed by atoms with Crippen LogP contribution in [0.3, 0.4) is 0 Å². The summed E-state index contributed by atoms with van der Waals surface area (Å²) in [6.45, 7) is 1.73.